The molecule has 1 unspecified atom stereocenters. The molecule has 3 rings (SSSR count). The molecule has 2 aromatic rings. The van der Waals surface area contributed by atoms with Crippen molar-refractivity contribution in [2.24, 2.45) is 0 Å². The summed E-state index contributed by atoms with van der Waals surface area (Å²) in [7, 11) is 0. The number of aryl methyl sites for hydroxylation is 1. The first-order valence-corrected chi connectivity index (χ1v) is 8.28. The molecular weight excluding hydrogens is 308 g/mol. The molecule has 0 radical (unpaired) electrons. The second-order valence-corrected chi connectivity index (χ2v) is 6.09. The van der Waals surface area contributed by atoms with Gasteiger partial charge in [0.2, 0.25) is 0 Å². The molecule has 1 aliphatic carbocycles. The van der Waals surface area contributed by atoms with E-state index in [2.05, 4.69) is 34.3 Å². The van der Waals surface area contributed by atoms with Crippen LogP contribution in [0.4, 0.5) is 5.69 Å². The third-order valence-corrected chi connectivity index (χ3v) is 4.59. The summed E-state index contributed by atoms with van der Waals surface area (Å²) in [5.74, 6) is 0. The highest BCUT2D eigenvalue weighted by molar-refractivity contribution is 5.34. The molecule has 1 aromatic carbocycles. The first-order valence-electron chi connectivity index (χ1n) is 8.28. The third-order valence-electron chi connectivity index (χ3n) is 4.59. The molecule has 7 nitrogen and oxygen atoms in total. The minimum absolute atomic E-state index is 0.0168. The number of nitrogens with zero attached hydrogens (tertiary/aromatic N) is 4. The summed E-state index contributed by atoms with van der Waals surface area (Å²) in [5.41, 5.74) is 2.77. The number of nitro groups is 1. The van der Waals surface area contributed by atoms with Gasteiger partial charge in [0.15, 0.2) is 0 Å². The van der Waals surface area contributed by atoms with Gasteiger partial charge in [-0.1, -0.05) is 24.3 Å². The predicted octanol–water partition coefficient (Wildman–Crippen LogP) is 2.16. The highest BCUT2D eigenvalue weighted by Gasteiger charge is 2.27. The predicted molar refractivity (Wildman–Crippen MR) is 89.7 cm³/mol. The molecule has 1 aromatic heterocycles. The molecule has 0 fully saturated rings. The maximum atomic E-state index is 10.8. The third kappa shape index (κ3) is 3.63. The van der Waals surface area contributed by atoms with Crippen molar-refractivity contribution in [1.29, 1.82) is 0 Å². The second-order valence-electron chi connectivity index (χ2n) is 6.09. The fourth-order valence-electron chi connectivity index (χ4n) is 3.41. The van der Waals surface area contributed by atoms with E-state index in [1.54, 1.807) is 4.68 Å². The smallest absolute Gasteiger partial charge is 0.306 e. The Kier molecular flexibility index (Phi) is 5.22. The van der Waals surface area contributed by atoms with Crippen LogP contribution in [0.25, 0.3) is 0 Å². The topological polar surface area (TPSA) is 84.4 Å². The van der Waals surface area contributed by atoms with E-state index >= 15 is 0 Å². The Balaban J connectivity index is 1.69. The van der Waals surface area contributed by atoms with Crippen LogP contribution in [-0.2, 0) is 13.0 Å². The van der Waals surface area contributed by atoms with Crippen LogP contribution in [0, 0.1) is 10.1 Å². The van der Waals surface area contributed by atoms with Crippen molar-refractivity contribution in [1.82, 2.24) is 14.7 Å². The van der Waals surface area contributed by atoms with Gasteiger partial charge in [-0.25, -0.2) is 0 Å². The lowest BCUT2D eigenvalue weighted by atomic mass is 10.1. The number of benzene rings is 1. The van der Waals surface area contributed by atoms with E-state index in [4.69, 9.17) is 0 Å². The molecule has 24 heavy (non-hydrogen) atoms. The second kappa shape index (κ2) is 7.55. The van der Waals surface area contributed by atoms with E-state index in [1.165, 1.54) is 23.5 Å². The zero-order valence-corrected chi connectivity index (χ0v) is 13.5. The Hall–Kier alpha value is -2.25. The van der Waals surface area contributed by atoms with Crippen LogP contribution >= 0.6 is 0 Å². The van der Waals surface area contributed by atoms with Crippen molar-refractivity contribution in [2.75, 3.05) is 19.7 Å². The Morgan fingerprint density at radius 3 is 2.96 bits per heavy atom. The molecule has 0 aliphatic heterocycles. The number of aromatic nitrogens is 2. The van der Waals surface area contributed by atoms with E-state index in [-0.39, 0.29) is 12.3 Å². The van der Waals surface area contributed by atoms with Gasteiger partial charge >= 0.3 is 5.69 Å². The summed E-state index contributed by atoms with van der Waals surface area (Å²) in [6.07, 6.45) is 5.61. The largest absolute Gasteiger partial charge is 0.396 e. The van der Waals surface area contributed by atoms with Gasteiger partial charge in [0.25, 0.3) is 0 Å². The number of fused-ring (bicyclic) bond motifs is 1. The maximum Gasteiger partial charge on any atom is 0.306 e. The normalized spacial score (nSPS) is 16.5. The summed E-state index contributed by atoms with van der Waals surface area (Å²) in [6.45, 7) is 2.31. The van der Waals surface area contributed by atoms with Crippen LogP contribution < -0.4 is 0 Å². The lowest BCUT2D eigenvalue weighted by molar-refractivity contribution is -0.385. The lowest BCUT2D eigenvalue weighted by Gasteiger charge is -2.29. The van der Waals surface area contributed by atoms with Gasteiger partial charge in [-0.05, 0) is 30.4 Å². The van der Waals surface area contributed by atoms with Crippen LogP contribution in [0.1, 0.15) is 30.0 Å². The fraction of sp³-hybridized carbons (Fsp3) is 0.471. The lowest BCUT2D eigenvalue weighted by Crippen LogP contribution is -2.32. The van der Waals surface area contributed by atoms with Crippen LogP contribution in [0.5, 0.6) is 0 Å². The number of aliphatic hydroxyl groups is 1. The average molecular weight is 330 g/mol. The highest BCUT2D eigenvalue weighted by atomic mass is 16.6. The van der Waals surface area contributed by atoms with Crippen LogP contribution in [0.15, 0.2) is 36.7 Å². The molecule has 1 N–H and O–H groups in total. The summed E-state index contributed by atoms with van der Waals surface area (Å²) in [6, 6.07) is 8.84. The zero-order valence-electron chi connectivity index (χ0n) is 13.5. The summed E-state index contributed by atoms with van der Waals surface area (Å²) >= 11 is 0. The van der Waals surface area contributed by atoms with Gasteiger partial charge in [-0.3, -0.25) is 19.7 Å². The quantitative estimate of drug-likeness (QED) is 0.592. The van der Waals surface area contributed by atoms with Crippen LogP contribution in [0.3, 0.4) is 0 Å². The van der Waals surface area contributed by atoms with Crippen LogP contribution in [0.2, 0.25) is 0 Å². The minimum atomic E-state index is -0.430. The SMILES string of the molecule is O=[N+]([O-])c1cnn(CCN(CCCO)C2CCc3ccccc32)c1. The number of aliphatic hydroxyl groups excluding tert-OH is 1. The molecule has 0 saturated heterocycles. The van der Waals surface area contributed by atoms with E-state index in [0.29, 0.717) is 12.6 Å². The van der Waals surface area contributed by atoms with Gasteiger partial charge in [-0.15, -0.1) is 0 Å². The summed E-state index contributed by atoms with van der Waals surface area (Å²) in [4.78, 5) is 12.7. The maximum absolute atomic E-state index is 10.8. The molecule has 1 atom stereocenters. The van der Waals surface area contributed by atoms with E-state index in [9.17, 15) is 15.2 Å². The first kappa shape index (κ1) is 16.6. The molecule has 0 amide bonds. The Bertz CT molecular complexity index is 701. The number of hydrogen-bond donors (Lipinski definition) is 1. The Morgan fingerprint density at radius 1 is 1.38 bits per heavy atom. The molecule has 128 valence electrons. The summed E-state index contributed by atoms with van der Waals surface area (Å²) < 4.78 is 1.62. The first-order chi connectivity index (χ1) is 11.7. The van der Waals surface area contributed by atoms with Gasteiger partial charge in [0, 0.05) is 25.7 Å². The monoisotopic (exact) mass is 330 g/mol. The molecular formula is C17H22N4O3. The molecule has 1 heterocycles. The van der Waals surface area contributed by atoms with Crippen molar-refractivity contribution in [2.45, 2.75) is 31.8 Å². The standard InChI is InChI=1S/C17H22N4O3/c22-11-3-8-19(9-10-20-13-15(12-18-20)21(23)24)17-7-6-14-4-1-2-5-16(14)17/h1-2,4-5,12-13,17,22H,3,6-11H2. The highest BCUT2D eigenvalue weighted by Crippen LogP contribution is 2.35. The number of hydrogen-bond acceptors (Lipinski definition) is 5. The van der Waals surface area contributed by atoms with E-state index in [1.807, 2.05) is 0 Å². The van der Waals surface area contributed by atoms with Gasteiger partial charge in [0.05, 0.1) is 11.5 Å². The van der Waals surface area contributed by atoms with Gasteiger partial charge < -0.3 is 5.11 Å². The van der Waals surface area contributed by atoms with E-state index in [0.717, 1.165) is 32.4 Å². The van der Waals surface area contributed by atoms with E-state index < -0.39 is 4.92 Å². The zero-order chi connectivity index (χ0) is 16.9. The van der Waals surface area contributed by atoms with Crippen molar-refractivity contribution in [3.8, 4) is 0 Å². The van der Waals surface area contributed by atoms with Gasteiger partial charge in [-0.2, -0.15) is 5.10 Å². The average Bonchev–Trinajstić information content (AvgIpc) is 3.22. The van der Waals surface area contributed by atoms with Crippen molar-refractivity contribution in [3.63, 3.8) is 0 Å². The van der Waals surface area contributed by atoms with Crippen molar-refractivity contribution < 1.29 is 10.0 Å². The van der Waals surface area contributed by atoms with Crippen molar-refractivity contribution >= 4 is 5.69 Å². The van der Waals surface area contributed by atoms with Gasteiger partial charge in [0.1, 0.15) is 12.4 Å². The Labute approximate surface area is 140 Å². The molecule has 7 heteroatoms. The molecule has 1 aliphatic rings. The fourth-order valence-corrected chi connectivity index (χ4v) is 3.41. The number of rotatable bonds is 8. The molecule has 0 bridgehead atoms. The minimum Gasteiger partial charge on any atom is -0.396 e. The molecule has 0 saturated carbocycles. The molecule has 0 spiro atoms. The van der Waals surface area contributed by atoms with Crippen LogP contribution in [-0.4, -0.2) is 44.4 Å². The van der Waals surface area contributed by atoms with Crippen molar-refractivity contribution in [3.05, 3.63) is 57.9 Å². The summed E-state index contributed by atoms with van der Waals surface area (Å²) in [5, 5.41) is 24.0. The Morgan fingerprint density at radius 2 is 2.21 bits per heavy atom.